The lowest BCUT2D eigenvalue weighted by molar-refractivity contribution is 0.350. The van der Waals surface area contributed by atoms with Gasteiger partial charge in [-0.25, -0.2) is 0 Å². The maximum atomic E-state index is 8.60. The van der Waals surface area contributed by atoms with Crippen molar-refractivity contribution in [3.05, 3.63) is 59.5 Å². The van der Waals surface area contributed by atoms with Gasteiger partial charge in [-0.2, -0.15) is 0 Å². The molecule has 2 rings (SSSR count). The molecular formula is C15H14O2S. The van der Waals surface area contributed by atoms with E-state index < -0.39 is 0 Å². The van der Waals surface area contributed by atoms with Crippen molar-refractivity contribution in [1.29, 1.82) is 0 Å². The summed E-state index contributed by atoms with van der Waals surface area (Å²) < 4.78 is 5.27. The smallest absolute Gasteiger partial charge is 0.113 e. The fourth-order valence-electron chi connectivity index (χ4n) is 1.49. The van der Waals surface area contributed by atoms with E-state index in [1.54, 1.807) is 6.26 Å². The average Bonchev–Trinajstić information content (AvgIpc) is 2.91. The van der Waals surface area contributed by atoms with Crippen LogP contribution in [0.3, 0.4) is 0 Å². The van der Waals surface area contributed by atoms with Gasteiger partial charge in [0.05, 0.1) is 12.0 Å². The van der Waals surface area contributed by atoms with E-state index in [2.05, 4.69) is 24.0 Å². The topological polar surface area (TPSA) is 33.4 Å². The molecule has 0 unspecified atom stereocenters. The van der Waals surface area contributed by atoms with E-state index in [9.17, 15) is 0 Å². The Hall–Kier alpha value is -1.63. The minimum atomic E-state index is -0.0965. The number of benzene rings is 1. The lowest BCUT2D eigenvalue weighted by atomic mass is 10.1. The van der Waals surface area contributed by atoms with Crippen molar-refractivity contribution >= 4 is 11.8 Å². The number of hydrogen-bond acceptors (Lipinski definition) is 3. The summed E-state index contributed by atoms with van der Waals surface area (Å²) in [6, 6.07) is 12.0. The van der Waals surface area contributed by atoms with Crippen LogP contribution in [0.4, 0.5) is 0 Å². The Balaban J connectivity index is 1.83. The zero-order valence-electron chi connectivity index (χ0n) is 9.93. The fraction of sp³-hybridized carbons (Fsp3) is 0.200. The van der Waals surface area contributed by atoms with E-state index in [-0.39, 0.29) is 6.61 Å². The van der Waals surface area contributed by atoms with Crippen LogP contribution in [0, 0.1) is 11.8 Å². The highest BCUT2D eigenvalue weighted by Gasteiger charge is 1.97. The Morgan fingerprint density at radius 2 is 1.94 bits per heavy atom. The highest BCUT2D eigenvalue weighted by Crippen LogP contribution is 2.18. The summed E-state index contributed by atoms with van der Waals surface area (Å²) in [6.07, 6.45) is 1.70. The molecule has 2 nitrogen and oxygen atoms in total. The number of aliphatic hydroxyl groups is 1. The van der Waals surface area contributed by atoms with Gasteiger partial charge in [-0.15, -0.1) is 11.8 Å². The second-order valence-electron chi connectivity index (χ2n) is 3.73. The van der Waals surface area contributed by atoms with Gasteiger partial charge in [-0.3, -0.25) is 0 Å². The van der Waals surface area contributed by atoms with Crippen molar-refractivity contribution in [3.63, 3.8) is 0 Å². The van der Waals surface area contributed by atoms with Crippen molar-refractivity contribution in [3.8, 4) is 11.8 Å². The zero-order valence-corrected chi connectivity index (χ0v) is 10.7. The summed E-state index contributed by atoms with van der Waals surface area (Å²) in [5.74, 6) is 8.36. The Morgan fingerprint density at radius 3 is 2.61 bits per heavy atom. The van der Waals surface area contributed by atoms with Gasteiger partial charge in [-0.05, 0) is 29.8 Å². The van der Waals surface area contributed by atoms with Crippen LogP contribution in [0.5, 0.6) is 0 Å². The fourth-order valence-corrected chi connectivity index (χ4v) is 2.39. The maximum Gasteiger partial charge on any atom is 0.113 e. The van der Waals surface area contributed by atoms with Crippen LogP contribution in [-0.2, 0) is 11.5 Å². The molecule has 0 aliphatic carbocycles. The first-order valence-electron chi connectivity index (χ1n) is 5.67. The minimum absolute atomic E-state index is 0.0965. The molecule has 1 aromatic carbocycles. The van der Waals surface area contributed by atoms with Crippen LogP contribution < -0.4 is 0 Å². The van der Waals surface area contributed by atoms with E-state index in [0.29, 0.717) is 0 Å². The third-order valence-electron chi connectivity index (χ3n) is 2.36. The molecule has 0 radical (unpaired) electrons. The normalized spacial score (nSPS) is 9.83. The molecule has 1 aromatic heterocycles. The van der Waals surface area contributed by atoms with Crippen molar-refractivity contribution in [2.24, 2.45) is 0 Å². The van der Waals surface area contributed by atoms with Gasteiger partial charge < -0.3 is 9.52 Å². The Bertz CT molecular complexity index is 518. The van der Waals surface area contributed by atoms with Gasteiger partial charge in [0.25, 0.3) is 0 Å². The third kappa shape index (κ3) is 3.99. The predicted molar refractivity (Wildman–Crippen MR) is 74.1 cm³/mol. The van der Waals surface area contributed by atoms with Gasteiger partial charge in [0.2, 0.25) is 0 Å². The molecule has 1 heterocycles. The monoisotopic (exact) mass is 258 g/mol. The Morgan fingerprint density at radius 1 is 1.11 bits per heavy atom. The van der Waals surface area contributed by atoms with E-state index in [4.69, 9.17) is 9.52 Å². The molecule has 0 amide bonds. The highest BCUT2D eigenvalue weighted by atomic mass is 32.2. The first-order valence-corrected chi connectivity index (χ1v) is 6.83. The number of thioether (sulfide) groups is 1. The second kappa shape index (κ2) is 6.95. The molecule has 0 saturated heterocycles. The average molecular weight is 258 g/mol. The molecule has 18 heavy (non-hydrogen) atoms. The van der Waals surface area contributed by atoms with E-state index in [1.807, 2.05) is 36.0 Å². The summed E-state index contributed by atoms with van der Waals surface area (Å²) in [6.45, 7) is -0.0965. The van der Waals surface area contributed by atoms with Crippen LogP contribution in [0.2, 0.25) is 0 Å². The van der Waals surface area contributed by atoms with Gasteiger partial charge in [0, 0.05) is 11.3 Å². The number of rotatable bonds is 4. The van der Waals surface area contributed by atoms with Gasteiger partial charge in [0.1, 0.15) is 12.4 Å². The highest BCUT2D eigenvalue weighted by molar-refractivity contribution is 7.97. The molecule has 0 bridgehead atoms. The van der Waals surface area contributed by atoms with Gasteiger partial charge >= 0.3 is 0 Å². The third-order valence-corrected chi connectivity index (χ3v) is 3.38. The van der Waals surface area contributed by atoms with Crippen molar-refractivity contribution in [2.45, 2.75) is 11.5 Å². The molecule has 92 valence electrons. The lowest BCUT2D eigenvalue weighted by Gasteiger charge is -2.00. The Labute approximate surface area is 111 Å². The van der Waals surface area contributed by atoms with Crippen molar-refractivity contribution in [2.75, 3.05) is 6.61 Å². The second-order valence-corrected chi connectivity index (χ2v) is 4.71. The summed E-state index contributed by atoms with van der Waals surface area (Å²) >= 11 is 1.82. The lowest BCUT2D eigenvalue weighted by Crippen LogP contribution is -1.83. The van der Waals surface area contributed by atoms with Crippen molar-refractivity contribution < 1.29 is 9.52 Å². The van der Waals surface area contributed by atoms with E-state index >= 15 is 0 Å². The molecule has 0 atom stereocenters. The zero-order chi connectivity index (χ0) is 12.6. The van der Waals surface area contributed by atoms with Crippen LogP contribution in [0.1, 0.15) is 16.9 Å². The van der Waals surface area contributed by atoms with E-state index in [1.165, 1.54) is 5.56 Å². The van der Waals surface area contributed by atoms with Crippen LogP contribution in [0.25, 0.3) is 0 Å². The molecule has 2 aromatic rings. The minimum Gasteiger partial charge on any atom is -0.468 e. The number of furan rings is 1. The van der Waals surface area contributed by atoms with Crippen LogP contribution >= 0.6 is 11.8 Å². The molecular weight excluding hydrogens is 244 g/mol. The Kier molecular flexibility index (Phi) is 4.95. The standard InChI is InChI=1S/C15H14O2S/c16-9-1-3-13-5-7-14(8-6-13)11-18-12-15-4-2-10-17-15/h2,4-8,10,16H,9,11-12H2. The van der Waals surface area contributed by atoms with Gasteiger partial charge in [-0.1, -0.05) is 24.0 Å². The molecule has 0 fully saturated rings. The molecule has 1 N–H and O–H groups in total. The molecule has 0 spiro atoms. The first-order chi connectivity index (χ1) is 8.88. The number of aliphatic hydroxyl groups excluding tert-OH is 1. The first kappa shape index (κ1) is 12.8. The van der Waals surface area contributed by atoms with Crippen LogP contribution in [-0.4, -0.2) is 11.7 Å². The quantitative estimate of drug-likeness (QED) is 0.856. The van der Waals surface area contributed by atoms with Crippen LogP contribution in [0.15, 0.2) is 47.1 Å². The molecule has 0 aliphatic rings. The maximum absolute atomic E-state index is 8.60. The van der Waals surface area contributed by atoms with Crippen molar-refractivity contribution in [1.82, 2.24) is 0 Å². The summed E-state index contributed by atoms with van der Waals surface area (Å²) in [7, 11) is 0. The molecule has 0 aliphatic heterocycles. The summed E-state index contributed by atoms with van der Waals surface area (Å²) in [4.78, 5) is 0. The largest absolute Gasteiger partial charge is 0.468 e. The van der Waals surface area contributed by atoms with Gasteiger partial charge in [0.15, 0.2) is 0 Å². The number of hydrogen-bond donors (Lipinski definition) is 1. The summed E-state index contributed by atoms with van der Waals surface area (Å²) in [5.41, 5.74) is 2.20. The van der Waals surface area contributed by atoms with E-state index in [0.717, 1.165) is 22.8 Å². The molecule has 3 heteroatoms. The SMILES string of the molecule is OCC#Cc1ccc(CSCc2ccco2)cc1. The molecule has 0 saturated carbocycles. The predicted octanol–water partition coefficient (Wildman–Crippen LogP) is 3.06. The summed E-state index contributed by atoms with van der Waals surface area (Å²) in [5, 5.41) is 8.60.